The van der Waals surface area contributed by atoms with E-state index in [0.717, 1.165) is 24.2 Å². The van der Waals surface area contributed by atoms with Crippen LogP contribution in [0.5, 0.6) is 5.75 Å². The fourth-order valence-corrected chi connectivity index (χ4v) is 2.31. The van der Waals surface area contributed by atoms with Gasteiger partial charge in [0.15, 0.2) is 0 Å². The maximum atomic E-state index is 12.3. The Kier molecular flexibility index (Phi) is 6.57. The number of hydrogen-bond acceptors (Lipinski definition) is 4. The summed E-state index contributed by atoms with van der Waals surface area (Å²) in [6, 6.07) is 11.9. The lowest BCUT2D eigenvalue weighted by Crippen LogP contribution is -2.12. The Labute approximate surface area is 148 Å². The van der Waals surface area contributed by atoms with Gasteiger partial charge in [-0.05, 0) is 61.4 Å². The van der Waals surface area contributed by atoms with Gasteiger partial charge >= 0.3 is 5.97 Å². The number of carbonyl (C=O) groups is 2. The third kappa shape index (κ3) is 5.08. The number of amides is 1. The van der Waals surface area contributed by atoms with Gasteiger partial charge in [0, 0.05) is 11.3 Å². The number of benzene rings is 2. The molecule has 25 heavy (non-hydrogen) atoms. The normalized spacial score (nSPS) is 10.2. The van der Waals surface area contributed by atoms with Crippen molar-refractivity contribution in [3.63, 3.8) is 0 Å². The molecule has 0 aromatic heterocycles. The third-order valence-corrected chi connectivity index (χ3v) is 3.77. The number of esters is 1. The van der Waals surface area contributed by atoms with Crippen molar-refractivity contribution in [3.8, 4) is 5.75 Å². The summed E-state index contributed by atoms with van der Waals surface area (Å²) in [7, 11) is 1.59. The molecule has 132 valence electrons. The first-order valence-electron chi connectivity index (χ1n) is 8.28. The zero-order valence-electron chi connectivity index (χ0n) is 14.8. The maximum Gasteiger partial charge on any atom is 0.338 e. The van der Waals surface area contributed by atoms with Crippen molar-refractivity contribution in [2.75, 3.05) is 19.0 Å². The Hall–Kier alpha value is -2.82. The van der Waals surface area contributed by atoms with Crippen molar-refractivity contribution in [2.45, 2.75) is 26.7 Å². The van der Waals surface area contributed by atoms with Gasteiger partial charge in [0.05, 0.1) is 19.3 Å². The molecule has 0 unspecified atom stereocenters. The van der Waals surface area contributed by atoms with Crippen LogP contribution >= 0.6 is 0 Å². The first-order valence-corrected chi connectivity index (χ1v) is 8.28. The molecule has 2 aromatic carbocycles. The van der Waals surface area contributed by atoms with Gasteiger partial charge < -0.3 is 14.8 Å². The second-order valence-electron chi connectivity index (χ2n) is 5.71. The van der Waals surface area contributed by atoms with Crippen LogP contribution in [0.15, 0.2) is 42.5 Å². The number of anilines is 1. The van der Waals surface area contributed by atoms with Crippen LogP contribution in [-0.4, -0.2) is 25.6 Å². The number of ether oxygens (including phenoxy) is 2. The lowest BCUT2D eigenvalue weighted by atomic mass is 10.1. The Bertz CT molecular complexity index is 738. The molecule has 0 atom stereocenters. The summed E-state index contributed by atoms with van der Waals surface area (Å²) >= 11 is 0. The summed E-state index contributed by atoms with van der Waals surface area (Å²) in [6.45, 7) is 4.34. The highest BCUT2D eigenvalue weighted by Crippen LogP contribution is 2.19. The topological polar surface area (TPSA) is 64.6 Å². The van der Waals surface area contributed by atoms with Gasteiger partial charge in [-0.25, -0.2) is 4.79 Å². The molecule has 0 aliphatic carbocycles. The highest BCUT2D eigenvalue weighted by molar-refractivity contribution is 6.04. The molecule has 0 saturated carbocycles. The second kappa shape index (κ2) is 8.87. The SMILES string of the molecule is CCCCOC(=O)c1ccc(NC(=O)c2ccc(OC)c(C)c2)cc1. The Morgan fingerprint density at radius 3 is 2.32 bits per heavy atom. The fourth-order valence-electron chi connectivity index (χ4n) is 2.31. The van der Waals surface area contributed by atoms with E-state index in [4.69, 9.17) is 9.47 Å². The summed E-state index contributed by atoms with van der Waals surface area (Å²) in [4.78, 5) is 24.2. The Morgan fingerprint density at radius 2 is 1.72 bits per heavy atom. The van der Waals surface area contributed by atoms with E-state index >= 15 is 0 Å². The Balaban J connectivity index is 1.99. The molecule has 0 bridgehead atoms. The van der Waals surface area contributed by atoms with Crippen LogP contribution in [-0.2, 0) is 4.74 Å². The van der Waals surface area contributed by atoms with Gasteiger partial charge in [-0.1, -0.05) is 13.3 Å². The van der Waals surface area contributed by atoms with E-state index < -0.39 is 0 Å². The standard InChI is InChI=1S/C20H23NO4/c1-4-5-12-25-20(23)15-6-9-17(10-7-15)21-19(22)16-8-11-18(24-3)14(2)13-16/h6-11,13H,4-5,12H2,1-3H3,(H,21,22). The predicted molar refractivity (Wildman–Crippen MR) is 97.3 cm³/mol. The van der Waals surface area contributed by atoms with E-state index in [2.05, 4.69) is 5.32 Å². The van der Waals surface area contributed by atoms with Gasteiger partial charge in [-0.2, -0.15) is 0 Å². The molecule has 1 amide bonds. The van der Waals surface area contributed by atoms with E-state index in [9.17, 15) is 9.59 Å². The number of nitrogens with one attached hydrogen (secondary N) is 1. The van der Waals surface area contributed by atoms with Crippen molar-refractivity contribution in [1.82, 2.24) is 0 Å². The molecule has 0 spiro atoms. The number of rotatable bonds is 7. The summed E-state index contributed by atoms with van der Waals surface area (Å²) < 4.78 is 10.3. The molecular weight excluding hydrogens is 318 g/mol. The summed E-state index contributed by atoms with van der Waals surface area (Å²) in [6.07, 6.45) is 1.82. The van der Waals surface area contributed by atoms with Crippen molar-refractivity contribution >= 4 is 17.6 Å². The minimum atomic E-state index is -0.350. The van der Waals surface area contributed by atoms with Gasteiger partial charge in [-0.15, -0.1) is 0 Å². The van der Waals surface area contributed by atoms with E-state index in [0.29, 0.717) is 23.4 Å². The van der Waals surface area contributed by atoms with Crippen molar-refractivity contribution in [2.24, 2.45) is 0 Å². The predicted octanol–water partition coefficient (Wildman–Crippen LogP) is 4.21. The van der Waals surface area contributed by atoms with Crippen LogP contribution in [0.1, 0.15) is 46.0 Å². The minimum Gasteiger partial charge on any atom is -0.496 e. The van der Waals surface area contributed by atoms with E-state index in [1.54, 1.807) is 49.6 Å². The molecule has 0 heterocycles. The van der Waals surface area contributed by atoms with E-state index in [1.165, 1.54) is 0 Å². The number of unbranched alkanes of at least 4 members (excludes halogenated alkanes) is 1. The molecule has 2 aromatic rings. The lowest BCUT2D eigenvalue weighted by molar-refractivity contribution is 0.0499. The third-order valence-electron chi connectivity index (χ3n) is 3.77. The number of aryl methyl sites for hydroxylation is 1. The molecule has 0 aliphatic rings. The number of hydrogen-bond donors (Lipinski definition) is 1. The van der Waals surface area contributed by atoms with Gasteiger partial charge in [-0.3, -0.25) is 4.79 Å². The maximum absolute atomic E-state index is 12.3. The average Bonchev–Trinajstić information content (AvgIpc) is 2.62. The summed E-state index contributed by atoms with van der Waals surface area (Å²) in [5.41, 5.74) is 2.51. The first-order chi connectivity index (χ1) is 12.0. The summed E-state index contributed by atoms with van der Waals surface area (Å²) in [5, 5.41) is 2.81. The number of methoxy groups -OCH3 is 1. The zero-order chi connectivity index (χ0) is 18.2. The first kappa shape index (κ1) is 18.5. The molecule has 2 rings (SSSR count). The van der Waals surface area contributed by atoms with Crippen molar-refractivity contribution in [3.05, 3.63) is 59.2 Å². The van der Waals surface area contributed by atoms with E-state index in [-0.39, 0.29) is 11.9 Å². The van der Waals surface area contributed by atoms with Crippen LogP contribution in [0, 0.1) is 6.92 Å². The highest BCUT2D eigenvalue weighted by Gasteiger charge is 2.10. The highest BCUT2D eigenvalue weighted by atomic mass is 16.5. The van der Waals surface area contributed by atoms with E-state index in [1.807, 2.05) is 13.8 Å². The van der Waals surface area contributed by atoms with Crippen LogP contribution in [0.2, 0.25) is 0 Å². The molecule has 0 aliphatic heterocycles. The second-order valence-corrected chi connectivity index (χ2v) is 5.71. The summed E-state index contributed by atoms with van der Waals surface area (Å²) in [5.74, 6) is 0.170. The van der Waals surface area contributed by atoms with Crippen molar-refractivity contribution < 1.29 is 19.1 Å². The van der Waals surface area contributed by atoms with Crippen molar-refractivity contribution in [1.29, 1.82) is 0 Å². The lowest BCUT2D eigenvalue weighted by Gasteiger charge is -2.09. The number of carbonyl (C=O) groups excluding carboxylic acids is 2. The monoisotopic (exact) mass is 341 g/mol. The van der Waals surface area contributed by atoms with Crippen LogP contribution in [0.25, 0.3) is 0 Å². The van der Waals surface area contributed by atoms with Gasteiger partial charge in [0.25, 0.3) is 5.91 Å². The molecule has 1 N–H and O–H groups in total. The van der Waals surface area contributed by atoms with Crippen LogP contribution in [0.3, 0.4) is 0 Å². The molecule has 5 nitrogen and oxygen atoms in total. The molecule has 0 saturated heterocycles. The van der Waals surface area contributed by atoms with Crippen LogP contribution in [0.4, 0.5) is 5.69 Å². The zero-order valence-corrected chi connectivity index (χ0v) is 14.8. The molecule has 0 fully saturated rings. The molecule has 0 radical (unpaired) electrons. The largest absolute Gasteiger partial charge is 0.496 e. The Morgan fingerprint density at radius 1 is 1.04 bits per heavy atom. The minimum absolute atomic E-state index is 0.218. The smallest absolute Gasteiger partial charge is 0.338 e. The van der Waals surface area contributed by atoms with Gasteiger partial charge in [0.2, 0.25) is 0 Å². The quantitative estimate of drug-likeness (QED) is 0.605. The molecule has 5 heteroatoms. The fraction of sp³-hybridized carbons (Fsp3) is 0.300. The van der Waals surface area contributed by atoms with Gasteiger partial charge in [0.1, 0.15) is 5.75 Å². The van der Waals surface area contributed by atoms with Crippen LogP contribution < -0.4 is 10.1 Å². The average molecular weight is 341 g/mol. The molecular formula is C20H23NO4.